The van der Waals surface area contributed by atoms with Crippen LogP contribution >= 0.6 is 0 Å². The first kappa shape index (κ1) is 24.4. The normalized spacial score (nSPS) is 34.4. The molecule has 7 nitrogen and oxygen atoms in total. The molecule has 2 saturated heterocycles. The summed E-state index contributed by atoms with van der Waals surface area (Å²) >= 11 is 0. The van der Waals surface area contributed by atoms with E-state index in [1.165, 1.54) is 36.9 Å². The number of anilines is 2. The largest absolute Gasteiger partial charge is 0.497 e. The Balaban J connectivity index is 1.000. The summed E-state index contributed by atoms with van der Waals surface area (Å²) in [7, 11) is 6.09. The summed E-state index contributed by atoms with van der Waals surface area (Å²) in [6, 6.07) is 16.9. The average Bonchev–Trinajstić information content (AvgIpc) is 3.47. The number of carbonyl (C=O) groups is 1. The minimum Gasteiger partial charge on any atom is -0.497 e. The van der Waals surface area contributed by atoms with Crippen LogP contribution in [0, 0.1) is 17.8 Å². The Bertz CT molecular complexity index is 1210. The van der Waals surface area contributed by atoms with E-state index in [1.807, 2.05) is 12.1 Å². The van der Waals surface area contributed by atoms with Gasteiger partial charge in [0.25, 0.3) is 0 Å². The number of rotatable bonds is 5. The average molecular weight is 516 g/mol. The first-order valence-corrected chi connectivity index (χ1v) is 14.5. The summed E-state index contributed by atoms with van der Waals surface area (Å²) in [5.74, 6) is 2.61. The lowest BCUT2D eigenvalue weighted by Gasteiger charge is -2.36. The first-order valence-electron chi connectivity index (χ1n) is 14.5. The Kier molecular flexibility index (Phi) is 5.95. The van der Waals surface area contributed by atoms with Crippen molar-refractivity contribution in [3.63, 3.8) is 0 Å². The Morgan fingerprint density at radius 1 is 1.00 bits per heavy atom. The van der Waals surface area contributed by atoms with Crippen molar-refractivity contribution in [1.82, 2.24) is 15.8 Å². The number of nitrogens with one attached hydrogen (secondary N) is 3. The minimum atomic E-state index is -0.344. The van der Waals surface area contributed by atoms with Crippen molar-refractivity contribution >= 4 is 17.3 Å². The highest BCUT2D eigenvalue weighted by molar-refractivity contribution is 6.09. The molecule has 2 aliphatic carbocycles. The molecular weight excluding hydrogens is 474 g/mol. The van der Waals surface area contributed by atoms with Crippen LogP contribution < -0.4 is 25.8 Å². The van der Waals surface area contributed by atoms with Gasteiger partial charge in [0.1, 0.15) is 5.75 Å². The van der Waals surface area contributed by atoms with E-state index in [9.17, 15) is 4.79 Å². The molecule has 4 unspecified atom stereocenters. The molecule has 0 radical (unpaired) electrons. The van der Waals surface area contributed by atoms with Crippen LogP contribution in [0.2, 0.25) is 0 Å². The van der Waals surface area contributed by atoms with E-state index in [-0.39, 0.29) is 11.3 Å². The van der Waals surface area contributed by atoms with E-state index in [0.29, 0.717) is 35.9 Å². The molecule has 7 heteroatoms. The van der Waals surface area contributed by atoms with Crippen molar-refractivity contribution in [1.29, 1.82) is 0 Å². The summed E-state index contributed by atoms with van der Waals surface area (Å²) < 4.78 is 5.48. The van der Waals surface area contributed by atoms with E-state index in [0.717, 1.165) is 42.9 Å². The van der Waals surface area contributed by atoms with Crippen LogP contribution in [-0.4, -0.2) is 57.2 Å². The molecule has 0 aromatic heterocycles. The number of benzene rings is 2. The second-order valence-corrected chi connectivity index (χ2v) is 12.5. The number of fused-ring (bicyclic) bond motifs is 3. The summed E-state index contributed by atoms with van der Waals surface area (Å²) in [5.41, 5.74) is 11.8. The number of hydrogen-bond acceptors (Lipinski definition) is 6. The maximum atomic E-state index is 13.1. The number of hydrazine groups is 1. The Hall–Kier alpha value is -2.61. The molecule has 6 atom stereocenters. The van der Waals surface area contributed by atoms with Gasteiger partial charge in [0, 0.05) is 36.5 Å². The van der Waals surface area contributed by atoms with Gasteiger partial charge in [-0.1, -0.05) is 12.1 Å². The molecule has 1 spiro atoms. The molecule has 1 amide bonds. The Morgan fingerprint density at radius 3 is 2.53 bits per heavy atom. The van der Waals surface area contributed by atoms with E-state index in [2.05, 4.69) is 70.4 Å². The second-order valence-electron chi connectivity index (χ2n) is 12.5. The maximum absolute atomic E-state index is 13.1. The highest BCUT2D eigenvalue weighted by Crippen LogP contribution is 2.65. The molecule has 5 aliphatic rings. The van der Waals surface area contributed by atoms with Crippen molar-refractivity contribution in [2.45, 2.75) is 62.1 Å². The number of piperidine rings is 1. The third-order valence-corrected chi connectivity index (χ3v) is 10.6. The molecule has 4 fully saturated rings. The molecule has 3 aliphatic heterocycles. The lowest BCUT2D eigenvalue weighted by Crippen LogP contribution is -2.41. The highest BCUT2D eigenvalue weighted by Gasteiger charge is 2.67. The van der Waals surface area contributed by atoms with Gasteiger partial charge in [-0.15, -0.1) is 0 Å². The zero-order chi connectivity index (χ0) is 26.0. The summed E-state index contributed by atoms with van der Waals surface area (Å²) in [4.78, 5) is 18.0. The number of nitrogens with zero attached hydrogens (tertiary/aromatic N) is 2. The number of carbonyl (C=O) groups excluding carboxylic acids is 1. The molecule has 3 heterocycles. The molecule has 2 saturated carbocycles. The predicted octanol–water partition coefficient (Wildman–Crippen LogP) is 4.07. The lowest BCUT2D eigenvalue weighted by molar-refractivity contribution is -0.118. The first-order chi connectivity index (χ1) is 18.5. The van der Waals surface area contributed by atoms with E-state index >= 15 is 0 Å². The number of ether oxygens (including phenoxy) is 1. The number of hydrogen-bond donors (Lipinski definition) is 3. The molecule has 3 N–H and O–H groups in total. The van der Waals surface area contributed by atoms with Crippen molar-refractivity contribution in [2.24, 2.45) is 17.8 Å². The molecule has 2 aromatic rings. The quantitative estimate of drug-likeness (QED) is 0.558. The standard InChI is InChI=1S/C31H41N5O2/c1-35(2)21-12-14-36(15-13-21)22-7-4-19(5-8-22)29-24-10-6-20(16-28(24)33-34-29)26-18-31(26)25-17-23(38-3)9-11-27(25)32-30(31)37/h4-5,7-9,11,17,20-21,24,26,28-29,33-34H,6,10,12-16,18H2,1-3H3,(H,32,37)/t20?,24?,26-,28?,29?,31-/m0/s1. The van der Waals surface area contributed by atoms with Gasteiger partial charge in [-0.25, -0.2) is 5.43 Å². The zero-order valence-corrected chi connectivity index (χ0v) is 22.9. The van der Waals surface area contributed by atoms with Crippen LogP contribution in [0.1, 0.15) is 55.7 Å². The monoisotopic (exact) mass is 515 g/mol. The molecule has 38 heavy (non-hydrogen) atoms. The smallest absolute Gasteiger partial charge is 0.235 e. The van der Waals surface area contributed by atoms with E-state index in [1.54, 1.807) is 7.11 Å². The second kappa shape index (κ2) is 9.25. The van der Waals surface area contributed by atoms with Gasteiger partial charge >= 0.3 is 0 Å². The van der Waals surface area contributed by atoms with Crippen LogP contribution in [0.5, 0.6) is 5.75 Å². The molecule has 0 bridgehead atoms. The van der Waals surface area contributed by atoms with Crippen molar-refractivity contribution in [3.05, 3.63) is 53.6 Å². The van der Waals surface area contributed by atoms with Crippen LogP contribution in [0.15, 0.2) is 42.5 Å². The van der Waals surface area contributed by atoms with Crippen molar-refractivity contribution in [2.75, 3.05) is 44.5 Å². The highest BCUT2D eigenvalue weighted by atomic mass is 16.5. The van der Waals surface area contributed by atoms with Crippen LogP contribution in [0.25, 0.3) is 0 Å². The van der Waals surface area contributed by atoms with Gasteiger partial charge in [0.05, 0.1) is 18.6 Å². The topological polar surface area (TPSA) is 68.9 Å². The fraction of sp³-hybridized carbons (Fsp3) is 0.581. The summed E-state index contributed by atoms with van der Waals surface area (Å²) in [5, 5.41) is 3.15. The summed E-state index contributed by atoms with van der Waals surface area (Å²) in [6.07, 6.45) is 6.95. The minimum absolute atomic E-state index is 0.189. The molecule has 2 aromatic carbocycles. The lowest BCUT2D eigenvalue weighted by atomic mass is 9.72. The van der Waals surface area contributed by atoms with Crippen LogP contribution in [0.3, 0.4) is 0 Å². The van der Waals surface area contributed by atoms with Crippen molar-refractivity contribution in [3.8, 4) is 5.75 Å². The fourth-order valence-electron chi connectivity index (χ4n) is 8.24. The van der Waals surface area contributed by atoms with Gasteiger partial charge in [-0.3, -0.25) is 10.2 Å². The van der Waals surface area contributed by atoms with Gasteiger partial charge < -0.3 is 19.9 Å². The number of methoxy groups -OCH3 is 1. The van der Waals surface area contributed by atoms with E-state index < -0.39 is 0 Å². The number of amides is 1. The van der Waals surface area contributed by atoms with Gasteiger partial charge in [0.2, 0.25) is 5.91 Å². The van der Waals surface area contributed by atoms with Crippen LogP contribution in [-0.2, 0) is 10.2 Å². The maximum Gasteiger partial charge on any atom is 0.235 e. The fourth-order valence-corrected chi connectivity index (χ4v) is 8.24. The van der Waals surface area contributed by atoms with Crippen molar-refractivity contribution < 1.29 is 9.53 Å². The van der Waals surface area contributed by atoms with Gasteiger partial charge in [-0.2, -0.15) is 0 Å². The molecule has 202 valence electrons. The van der Waals surface area contributed by atoms with E-state index in [4.69, 9.17) is 4.74 Å². The van der Waals surface area contributed by atoms with Crippen LogP contribution in [0.4, 0.5) is 11.4 Å². The Morgan fingerprint density at radius 2 is 1.79 bits per heavy atom. The third kappa shape index (κ3) is 3.85. The summed E-state index contributed by atoms with van der Waals surface area (Å²) in [6.45, 7) is 2.27. The zero-order valence-electron chi connectivity index (χ0n) is 22.9. The Labute approximate surface area is 226 Å². The molecule has 7 rings (SSSR count). The third-order valence-electron chi connectivity index (χ3n) is 10.6. The van der Waals surface area contributed by atoms with Gasteiger partial charge in [-0.05, 0) is 112 Å². The molecular formula is C31H41N5O2. The van der Waals surface area contributed by atoms with Gasteiger partial charge in [0.15, 0.2) is 0 Å². The SMILES string of the molecule is COc1ccc2c(c1)[C@]1(C[C@H]1C1CCC3C(C1)NNC3c1ccc(N3CCC(N(C)C)CC3)cc1)C(=O)N2. The predicted molar refractivity (Wildman–Crippen MR) is 150 cm³/mol.